The van der Waals surface area contributed by atoms with E-state index >= 15 is 0 Å². The van der Waals surface area contributed by atoms with Crippen molar-refractivity contribution in [3.8, 4) is 5.75 Å². The summed E-state index contributed by atoms with van der Waals surface area (Å²) in [6, 6.07) is 5.16. The molecule has 0 heterocycles. The van der Waals surface area contributed by atoms with Crippen molar-refractivity contribution in [1.29, 1.82) is 0 Å². The van der Waals surface area contributed by atoms with Crippen molar-refractivity contribution in [2.75, 3.05) is 6.54 Å². The van der Waals surface area contributed by atoms with Gasteiger partial charge in [0.25, 0.3) is 0 Å². The highest BCUT2D eigenvalue weighted by Crippen LogP contribution is 2.31. The van der Waals surface area contributed by atoms with Crippen LogP contribution in [0.25, 0.3) is 0 Å². The lowest BCUT2D eigenvalue weighted by Crippen LogP contribution is -2.51. The van der Waals surface area contributed by atoms with Gasteiger partial charge < -0.3 is 10.5 Å². The molecule has 0 radical (unpaired) electrons. The van der Waals surface area contributed by atoms with E-state index < -0.39 is 17.8 Å². The van der Waals surface area contributed by atoms with E-state index in [4.69, 9.17) is 5.73 Å². The molecule has 1 aromatic rings. The Bertz CT molecular complexity index is 512. The summed E-state index contributed by atoms with van der Waals surface area (Å²) < 4.78 is 40.1. The van der Waals surface area contributed by atoms with Gasteiger partial charge in [-0.1, -0.05) is 12.1 Å². The molecule has 3 N–H and O–H groups in total. The molecule has 0 aliphatic heterocycles. The number of benzene rings is 1. The fourth-order valence-corrected chi connectivity index (χ4v) is 1.99. The number of amides is 1. The molecule has 1 unspecified atom stereocenters. The van der Waals surface area contributed by atoms with E-state index in [0.29, 0.717) is 18.0 Å². The van der Waals surface area contributed by atoms with Crippen molar-refractivity contribution in [2.45, 2.75) is 31.7 Å². The number of nitrogens with two attached hydrogens (primary N) is 1. The Hall–Kier alpha value is -1.76. The van der Waals surface area contributed by atoms with Crippen molar-refractivity contribution < 1.29 is 22.7 Å². The van der Waals surface area contributed by atoms with E-state index in [1.807, 2.05) is 0 Å². The minimum Gasteiger partial charge on any atom is -0.406 e. The normalized spacial score (nSPS) is 18.1. The van der Waals surface area contributed by atoms with Crippen LogP contribution in [0.5, 0.6) is 5.75 Å². The topological polar surface area (TPSA) is 64.3 Å². The molecule has 116 valence electrons. The predicted molar refractivity (Wildman–Crippen MR) is 70.4 cm³/mol. The number of carbonyl (C=O) groups excluding carboxylic acids is 1. The number of nitrogens with one attached hydrogen (secondary N) is 1. The Morgan fingerprint density at radius 3 is 2.33 bits per heavy atom. The molecule has 0 saturated heterocycles. The number of alkyl halides is 3. The first-order valence-electron chi connectivity index (χ1n) is 6.62. The van der Waals surface area contributed by atoms with Gasteiger partial charge in [-0.25, -0.2) is 0 Å². The van der Waals surface area contributed by atoms with Crippen LogP contribution in [0, 0.1) is 5.92 Å². The molecule has 1 atom stereocenters. The van der Waals surface area contributed by atoms with Crippen LogP contribution in [-0.4, -0.2) is 18.8 Å². The molecule has 7 heteroatoms. The number of hydrogen-bond acceptors (Lipinski definition) is 3. The van der Waals surface area contributed by atoms with Crippen molar-refractivity contribution in [2.24, 2.45) is 11.7 Å². The molecule has 1 aliphatic carbocycles. The lowest BCUT2D eigenvalue weighted by molar-refractivity contribution is -0.274. The van der Waals surface area contributed by atoms with Gasteiger partial charge >= 0.3 is 6.36 Å². The van der Waals surface area contributed by atoms with Crippen molar-refractivity contribution in [3.63, 3.8) is 0 Å². The minimum atomic E-state index is -4.74. The summed E-state index contributed by atoms with van der Waals surface area (Å²) in [5.74, 6) is -0.371. The van der Waals surface area contributed by atoms with Gasteiger partial charge in [-0.2, -0.15) is 0 Å². The average molecular weight is 302 g/mol. The van der Waals surface area contributed by atoms with Crippen LogP contribution in [0.1, 0.15) is 25.3 Å². The quantitative estimate of drug-likeness (QED) is 0.847. The molecule has 0 aromatic heterocycles. The first-order chi connectivity index (χ1) is 9.71. The molecule has 1 aliphatic rings. The molecule has 1 saturated carbocycles. The molecule has 4 nitrogen and oxygen atoms in total. The van der Waals surface area contributed by atoms with Crippen LogP contribution >= 0.6 is 0 Å². The number of halogens is 3. The summed E-state index contributed by atoms with van der Waals surface area (Å²) in [7, 11) is 0. The number of primary amides is 1. The highest BCUT2D eigenvalue weighted by atomic mass is 19.4. The molecule has 0 spiro atoms. The third-order valence-electron chi connectivity index (χ3n) is 3.60. The molecule has 1 amide bonds. The summed E-state index contributed by atoms with van der Waals surface area (Å²) in [5.41, 5.74) is 4.83. The zero-order valence-corrected chi connectivity index (χ0v) is 11.5. The largest absolute Gasteiger partial charge is 0.573 e. The number of ether oxygens (including phenoxy) is 1. The summed E-state index contributed by atoms with van der Waals surface area (Å²) in [5, 5.41) is 3.10. The maximum absolute atomic E-state index is 12.1. The first kappa shape index (κ1) is 15.6. The lowest BCUT2D eigenvalue weighted by atomic mass is 9.91. The van der Waals surface area contributed by atoms with Crippen molar-refractivity contribution >= 4 is 5.91 Å². The van der Waals surface area contributed by atoms with Gasteiger partial charge in [0.05, 0.1) is 0 Å². The van der Waals surface area contributed by atoms with Gasteiger partial charge in [0.2, 0.25) is 5.91 Å². The molecule has 0 bridgehead atoms. The van der Waals surface area contributed by atoms with Crippen LogP contribution in [0.3, 0.4) is 0 Å². The zero-order chi connectivity index (χ0) is 15.7. The maximum Gasteiger partial charge on any atom is 0.573 e. The number of rotatable bonds is 6. The number of hydrogen-bond donors (Lipinski definition) is 2. The van der Waals surface area contributed by atoms with E-state index in [9.17, 15) is 18.0 Å². The zero-order valence-electron chi connectivity index (χ0n) is 11.5. The van der Waals surface area contributed by atoms with Gasteiger partial charge in [-0.15, -0.1) is 13.2 Å². The SMILES string of the molecule is CC(NCC1CC1)(C(N)=O)c1ccc(OC(F)(F)F)cc1. The van der Waals surface area contributed by atoms with Gasteiger partial charge in [-0.3, -0.25) is 10.1 Å². The van der Waals surface area contributed by atoms with Crippen molar-refractivity contribution in [3.05, 3.63) is 29.8 Å². The predicted octanol–water partition coefficient (Wildman–Crippen LogP) is 2.29. The highest BCUT2D eigenvalue weighted by molar-refractivity contribution is 5.85. The molecule has 1 fully saturated rings. The fourth-order valence-electron chi connectivity index (χ4n) is 1.99. The van der Waals surface area contributed by atoms with E-state index in [-0.39, 0.29) is 5.75 Å². The lowest BCUT2D eigenvalue weighted by Gasteiger charge is -2.28. The minimum absolute atomic E-state index is 0.333. The van der Waals surface area contributed by atoms with Gasteiger partial charge in [0, 0.05) is 0 Å². The second-order valence-electron chi connectivity index (χ2n) is 5.39. The van der Waals surface area contributed by atoms with Gasteiger partial charge in [0.1, 0.15) is 11.3 Å². The molecule has 2 rings (SSSR count). The van der Waals surface area contributed by atoms with E-state index in [0.717, 1.165) is 12.8 Å². The summed E-state index contributed by atoms with van der Waals surface area (Å²) >= 11 is 0. The fraction of sp³-hybridized carbons (Fsp3) is 0.500. The molecular formula is C14H17F3N2O2. The molecular weight excluding hydrogens is 285 g/mol. The summed E-state index contributed by atoms with van der Waals surface area (Å²) in [4.78, 5) is 11.7. The van der Waals surface area contributed by atoms with E-state index in [1.165, 1.54) is 24.3 Å². The Labute approximate surface area is 120 Å². The van der Waals surface area contributed by atoms with Crippen molar-refractivity contribution in [1.82, 2.24) is 5.32 Å². The second-order valence-corrected chi connectivity index (χ2v) is 5.39. The standard InChI is InChI=1S/C14H17F3N2O2/c1-13(12(18)20,19-8-9-2-3-9)10-4-6-11(7-5-10)21-14(15,16)17/h4-7,9,19H,2-3,8H2,1H3,(H2,18,20). The average Bonchev–Trinajstić information content (AvgIpc) is 3.18. The third kappa shape index (κ3) is 4.10. The Balaban J connectivity index is 2.14. The second kappa shape index (κ2) is 5.55. The van der Waals surface area contributed by atoms with E-state index in [1.54, 1.807) is 6.92 Å². The van der Waals surface area contributed by atoms with Crippen LogP contribution in [0.4, 0.5) is 13.2 Å². The Kier molecular flexibility index (Phi) is 4.13. The van der Waals surface area contributed by atoms with Crippen LogP contribution < -0.4 is 15.8 Å². The first-order valence-corrected chi connectivity index (χ1v) is 6.62. The summed E-state index contributed by atoms with van der Waals surface area (Å²) in [6.45, 7) is 2.28. The van der Waals surface area contributed by atoms with Crippen LogP contribution in [0.15, 0.2) is 24.3 Å². The highest BCUT2D eigenvalue weighted by Gasteiger charge is 2.35. The Morgan fingerprint density at radius 2 is 1.90 bits per heavy atom. The smallest absolute Gasteiger partial charge is 0.406 e. The summed E-state index contributed by atoms with van der Waals surface area (Å²) in [6.07, 6.45) is -2.51. The van der Waals surface area contributed by atoms with Gasteiger partial charge in [0.15, 0.2) is 0 Å². The third-order valence-corrected chi connectivity index (χ3v) is 3.60. The maximum atomic E-state index is 12.1. The van der Waals surface area contributed by atoms with Crippen LogP contribution in [-0.2, 0) is 10.3 Å². The molecule has 21 heavy (non-hydrogen) atoms. The van der Waals surface area contributed by atoms with Crippen LogP contribution in [0.2, 0.25) is 0 Å². The van der Waals surface area contributed by atoms with Gasteiger partial charge in [-0.05, 0) is 49.9 Å². The van der Waals surface area contributed by atoms with E-state index in [2.05, 4.69) is 10.1 Å². The number of carbonyl (C=O) groups is 1. The Morgan fingerprint density at radius 1 is 1.33 bits per heavy atom. The molecule has 1 aromatic carbocycles. The monoisotopic (exact) mass is 302 g/mol.